The second-order valence-corrected chi connectivity index (χ2v) is 5.65. The Morgan fingerprint density at radius 2 is 1.74 bits per heavy atom. The lowest BCUT2D eigenvalue weighted by Crippen LogP contribution is -2.07. The summed E-state index contributed by atoms with van der Waals surface area (Å²) in [6.45, 7) is 0. The van der Waals surface area contributed by atoms with Crippen LogP contribution in [0.25, 0.3) is 0 Å². The molecule has 0 aliphatic carbocycles. The molecule has 0 bridgehead atoms. The third-order valence-corrected chi connectivity index (χ3v) is 3.98. The number of nitriles is 1. The van der Waals surface area contributed by atoms with Gasteiger partial charge in [0.05, 0.1) is 14.2 Å². The maximum atomic E-state index is 12.7. The van der Waals surface area contributed by atoms with E-state index < -0.39 is 0 Å². The molecule has 0 saturated carbocycles. The molecule has 0 radical (unpaired) electrons. The summed E-state index contributed by atoms with van der Waals surface area (Å²) in [7, 11) is 3.18. The molecule has 118 valence electrons. The quantitative estimate of drug-likeness (QED) is 0.441. The number of nitrogens with zero attached hydrogens (tertiary/aromatic N) is 1. The number of hydrogen-bond donors (Lipinski definition) is 0. The van der Waals surface area contributed by atoms with Crippen molar-refractivity contribution >= 4 is 17.5 Å². The van der Waals surface area contributed by atoms with Gasteiger partial charge in [-0.25, -0.2) is 0 Å². The summed E-state index contributed by atoms with van der Waals surface area (Å²) < 4.78 is 10.3. The van der Waals surface area contributed by atoms with Crippen LogP contribution < -0.4 is 9.47 Å². The maximum absolute atomic E-state index is 12.7. The van der Waals surface area contributed by atoms with Crippen LogP contribution in [0.5, 0.6) is 11.5 Å². The van der Waals surface area contributed by atoms with E-state index in [2.05, 4.69) is 0 Å². The number of ketones is 1. The highest BCUT2D eigenvalue weighted by Gasteiger charge is 2.14. The first kappa shape index (κ1) is 16.9. The van der Waals surface area contributed by atoms with Crippen molar-refractivity contribution in [1.29, 1.82) is 5.26 Å². The number of aryl methyl sites for hydroxylation is 1. The average molecular weight is 327 g/mol. The van der Waals surface area contributed by atoms with Gasteiger partial charge in [-0.1, -0.05) is 0 Å². The van der Waals surface area contributed by atoms with Gasteiger partial charge in [-0.05, 0) is 66.2 Å². The predicted octanol–water partition coefficient (Wildman–Crippen LogP) is 3.69. The molecule has 0 aromatic heterocycles. The summed E-state index contributed by atoms with van der Waals surface area (Å²) in [5.41, 5.74) is 2.12. The second kappa shape index (κ2) is 8.25. The molecule has 0 fully saturated rings. The summed E-state index contributed by atoms with van der Waals surface area (Å²) in [6, 6.07) is 12.4. The van der Waals surface area contributed by atoms with Crippen LogP contribution in [0, 0.1) is 10.7 Å². The van der Waals surface area contributed by atoms with E-state index in [0.717, 1.165) is 5.56 Å². The fraction of sp³-hybridized carbons (Fsp3) is 0.222. The summed E-state index contributed by atoms with van der Waals surface area (Å²) in [5.74, 6) is 1.99. The third kappa shape index (κ3) is 4.27. The van der Waals surface area contributed by atoms with Crippen LogP contribution in [-0.4, -0.2) is 25.8 Å². The molecule has 4 nitrogen and oxygen atoms in total. The Balaban J connectivity index is 2.31. The van der Waals surface area contributed by atoms with Crippen LogP contribution in [-0.2, 0) is 6.42 Å². The van der Waals surface area contributed by atoms with Gasteiger partial charge >= 0.3 is 0 Å². The molecule has 0 unspecified atom stereocenters. The summed E-state index contributed by atoms with van der Waals surface area (Å²) in [6.07, 6.45) is 0.632. The smallest absolute Gasteiger partial charge is 0.193 e. The van der Waals surface area contributed by atoms with Gasteiger partial charge in [-0.3, -0.25) is 4.79 Å². The van der Waals surface area contributed by atoms with Crippen LogP contribution in [0.2, 0.25) is 0 Å². The van der Waals surface area contributed by atoms with E-state index in [0.29, 0.717) is 34.8 Å². The molecule has 23 heavy (non-hydrogen) atoms. The molecule has 0 heterocycles. The van der Waals surface area contributed by atoms with E-state index in [1.165, 1.54) is 11.8 Å². The van der Waals surface area contributed by atoms with Crippen molar-refractivity contribution in [2.45, 2.75) is 6.42 Å². The fourth-order valence-corrected chi connectivity index (χ4v) is 2.64. The summed E-state index contributed by atoms with van der Waals surface area (Å²) in [5, 5.41) is 10.7. The molecule has 0 aliphatic heterocycles. The molecule has 0 saturated heterocycles. The molecular weight excluding hydrogens is 310 g/mol. The van der Waals surface area contributed by atoms with Gasteiger partial charge in [0.25, 0.3) is 0 Å². The minimum absolute atomic E-state index is 0.0488. The second-order valence-electron chi connectivity index (χ2n) is 4.77. The Bertz CT molecular complexity index is 720. The monoisotopic (exact) mass is 327 g/mol. The zero-order valence-electron chi connectivity index (χ0n) is 13.0. The van der Waals surface area contributed by atoms with E-state index in [1.54, 1.807) is 50.6 Å². The highest BCUT2D eigenvalue weighted by molar-refractivity contribution is 8.03. The zero-order valence-corrected chi connectivity index (χ0v) is 13.9. The SMILES string of the molecule is COc1ccc(C(=O)c2ccc(OC)cc2CCSC#N)cc1. The number of carbonyl (C=O) groups is 1. The lowest BCUT2D eigenvalue weighted by atomic mass is 9.96. The van der Waals surface area contributed by atoms with E-state index in [1.807, 2.05) is 11.5 Å². The van der Waals surface area contributed by atoms with Crippen LogP contribution in [0.3, 0.4) is 0 Å². The largest absolute Gasteiger partial charge is 0.497 e. The van der Waals surface area contributed by atoms with Crippen LogP contribution >= 0.6 is 11.8 Å². The highest BCUT2D eigenvalue weighted by Crippen LogP contribution is 2.23. The van der Waals surface area contributed by atoms with Crippen molar-refractivity contribution in [3.63, 3.8) is 0 Å². The fourth-order valence-electron chi connectivity index (χ4n) is 2.23. The number of benzene rings is 2. The van der Waals surface area contributed by atoms with Crippen molar-refractivity contribution in [2.75, 3.05) is 20.0 Å². The van der Waals surface area contributed by atoms with Crippen molar-refractivity contribution in [3.8, 4) is 16.9 Å². The van der Waals surface area contributed by atoms with Gasteiger partial charge in [0.2, 0.25) is 0 Å². The minimum Gasteiger partial charge on any atom is -0.497 e. The van der Waals surface area contributed by atoms with Crippen molar-refractivity contribution < 1.29 is 14.3 Å². The van der Waals surface area contributed by atoms with Gasteiger partial charge in [0.1, 0.15) is 16.9 Å². The van der Waals surface area contributed by atoms with E-state index >= 15 is 0 Å². The Morgan fingerprint density at radius 3 is 2.35 bits per heavy atom. The van der Waals surface area contributed by atoms with Gasteiger partial charge in [-0.15, -0.1) is 0 Å². The number of carbonyl (C=O) groups excluding carboxylic acids is 1. The number of hydrogen-bond acceptors (Lipinski definition) is 5. The molecule has 0 spiro atoms. The predicted molar refractivity (Wildman–Crippen MR) is 91.2 cm³/mol. The standard InChI is InChI=1S/C18H17NO3S/c1-21-15-5-3-13(4-6-15)18(20)17-8-7-16(22-2)11-14(17)9-10-23-12-19/h3-8,11H,9-10H2,1-2H3. The number of ether oxygens (including phenoxy) is 2. The van der Waals surface area contributed by atoms with Crippen molar-refractivity contribution in [2.24, 2.45) is 0 Å². The van der Waals surface area contributed by atoms with E-state index in [-0.39, 0.29) is 5.78 Å². The van der Waals surface area contributed by atoms with Crippen LogP contribution in [0.1, 0.15) is 21.5 Å². The van der Waals surface area contributed by atoms with Gasteiger partial charge < -0.3 is 9.47 Å². The molecule has 0 atom stereocenters. The Labute approximate surface area is 140 Å². The van der Waals surface area contributed by atoms with Gasteiger partial charge in [0.15, 0.2) is 5.78 Å². The molecule has 0 amide bonds. The van der Waals surface area contributed by atoms with Gasteiger partial charge in [-0.2, -0.15) is 5.26 Å². The highest BCUT2D eigenvalue weighted by atomic mass is 32.2. The first-order valence-corrected chi connectivity index (χ1v) is 8.04. The van der Waals surface area contributed by atoms with Gasteiger partial charge in [0, 0.05) is 16.9 Å². The van der Waals surface area contributed by atoms with Crippen molar-refractivity contribution in [3.05, 3.63) is 59.2 Å². The molecule has 2 aromatic rings. The Morgan fingerprint density at radius 1 is 1.09 bits per heavy atom. The lowest BCUT2D eigenvalue weighted by molar-refractivity contribution is 0.103. The van der Waals surface area contributed by atoms with E-state index in [9.17, 15) is 4.79 Å². The third-order valence-electron chi connectivity index (χ3n) is 3.45. The number of methoxy groups -OCH3 is 2. The Kier molecular flexibility index (Phi) is 6.07. The summed E-state index contributed by atoms with van der Waals surface area (Å²) >= 11 is 1.17. The maximum Gasteiger partial charge on any atom is 0.193 e. The summed E-state index contributed by atoms with van der Waals surface area (Å²) in [4.78, 5) is 12.7. The zero-order chi connectivity index (χ0) is 16.7. The molecular formula is C18H17NO3S. The molecule has 0 N–H and O–H groups in total. The molecule has 5 heteroatoms. The van der Waals surface area contributed by atoms with Crippen LogP contribution in [0.4, 0.5) is 0 Å². The normalized spacial score (nSPS) is 9.96. The first-order chi connectivity index (χ1) is 11.2. The lowest BCUT2D eigenvalue weighted by Gasteiger charge is -2.11. The molecule has 2 rings (SSSR count). The minimum atomic E-state index is -0.0488. The Hall–Kier alpha value is -2.45. The molecule has 2 aromatic carbocycles. The van der Waals surface area contributed by atoms with E-state index in [4.69, 9.17) is 14.7 Å². The first-order valence-electron chi connectivity index (χ1n) is 7.06. The number of rotatable bonds is 7. The average Bonchev–Trinajstić information content (AvgIpc) is 2.61. The molecule has 0 aliphatic rings. The number of thioether (sulfide) groups is 1. The topological polar surface area (TPSA) is 59.3 Å². The number of thiocyanates is 1. The van der Waals surface area contributed by atoms with Crippen LogP contribution in [0.15, 0.2) is 42.5 Å². The van der Waals surface area contributed by atoms with Crippen molar-refractivity contribution in [1.82, 2.24) is 0 Å².